The Morgan fingerprint density at radius 2 is 1.71 bits per heavy atom. The van der Waals surface area contributed by atoms with E-state index in [9.17, 15) is 14.4 Å². The summed E-state index contributed by atoms with van der Waals surface area (Å²) in [7, 11) is 0. The maximum Gasteiger partial charge on any atom is 0.250 e. The van der Waals surface area contributed by atoms with Gasteiger partial charge in [-0.2, -0.15) is 0 Å². The zero-order valence-corrected chi connectivity index (χ0v) is 15.7. The summed E-state index contributed by atoms with van der Waals surface area (Å²) < 4.78 is 1.87. The Morgan fingerprint density at radius 1 is 0.893 bits per heavy atom. The summed E-state index contributed by atoms with van der Waals surface area (Å²) in [4.78, 5) is 41.5. The number of amides is 2. The van der Waals surface area contributed by atoms with Crippen LogP contribution in [0, 0.1) is 11.8 Å². The molecule has 6 nitrogen and oxygen atoms in total. The highest BCUT2D eigenvalue weighted by Crippen LogP contribution is 2.36. The smallest absolute Gasteiger partial charge is 0.250 e. The minimum atomic E-state index is -0.288. The van der Waals surface area contributed by atoms with Gasteiger partial charge in [-0.1, -0.05) is 24.3 Å². The molecule has 0 aliphatic carbocycles. The Bertz CT molecular complexity index is 984. The van der Waals surface area contributed by atoms with Crippen LogP contribution in [0.25, 0.3) is 0 Å². The SMILES string of the molecule is O=C([C@@H]1CC(=O)N(c2ccccc2)C1)N1C[C@@H]2C[C@H](C1)c1cccc(=O)n1C2. The highest BCUT2D eigenvalue weighted by atomic mass is 16.2. The first kappa shape index (κ1) is 17.2. The number of nitrogens with zero attached hydrogens (tertiary/aromatic N) is 3. The van der Waals surface area contributed by atoms with Crippen LogP contribution in [0.1, 0.15) is 24.5 Å². The summed E-state index contributed by atoms with van der Waals surface area (Å²) in [5.74, 6) is 0.307. The van der Waals surface area contributed by atoms with E-state index in [1.807, 2.05) is 51.9 Å². The van der Waals surface area contributed by atoms with Gasteiger partial charge in [0.25, 0.3) is 5.56 Å². The minimum absolute atomic E-state index is 0.0126. The number of hydrogen-bond acceptors (Lipinski definition) is 3. The molecule has 0 saturated carbocycles. The topological polar surface area (TPSA) is 62.6 Å². The Hall–Kier alpha value is -2.89. The molecule has 3 aliphatic rings. The molecular weight excluding hydrogens is 354 g/mol. The molecule has 2 bridgehead atoms. The minimum Gasteiger partial charge on any atom is -0.341 e. The third-order valence-corrected chi connectivity index (χ3v) is 6.33. The number of likely N-dealkylation sites (tertiary alicyclic amines) is 1. The van der Waals surface area contributed by atoms with Crippen molar-refractivity contribution < 1.29 is 9.59 Å². The maximum atomic E-state index is 13.2. The van der Waals surface area contributed by atoms with Gasteiger partial charge in [0, 0.05) is 56.0 Å². The van der Waals surface area contributed by atoms with E-state index in [1.54, 1.807) is 11.0 Å². The molecule has 2 fully saturated rings. The van der Waals surface area contributed by atoms with Crippen molar-refractivity contribution in [3.8, 4) is 0 Å². The van der Waals surface area contributed by atoms with Crippen molar-refractivity contribution in [1.29, 1.82) is 0 Å². The molecule has 2 saturated heterocycles. The normalized spacial score (nSPS) is 26.3. The zero-order chi connectivity index (χ0) is 19.3. The van der Waals surface area contributed by atoms with Crippen molar-refractivity contribution in [3.63, 3.8) is 0 Å². The number of aromatic nitrogens is 1. The second kappa shape index (κ2) is 6.62. The molecule has 3 atom stereocenters. The molecule has 2 amide bonds. The molecule has 0 spiro atoms. The van der Waals surface area contributed by atoms with Crippen LogP contribution >= 0.6 is 0 Å². The van der Waals surface area contributed by atoms with Crippen LogP contribution in [0.15, 0.2) is 53.3 Å². The first-order valence-electron chi connectivity index (χ1n) is 9.94. The molecule has 4 heterocycles. The Morgan fingerprint density at radius 3 is 2.54 bits per heavy atom. The van der Waals surface area contributed by atoms with E-state index in [0.29, 0.717) is 32.1 Å². The largest absolute Gasteiger partial charge is 0.341 e. The highest BCUT2D eigenvalue weighted by Gasteiger charge is 2.41. The van der Waals surface area contributed by atoms with Gasteiger partial charge >= 0.3 is 0 Å². The van der Waals surface area contributed by atoms with Crippen LogP contribution in [-0.4, -0.2) is 40.9 Å². The number of para-hydroxylation sites is 1. The summed E-state index contributed by atoms with van der Waals surface area (Å²) in [5, 5.41) is 0. The highest BCUT2D eigenvalue weighted by molar-refractivity contribution is 6.00. The predicted molar refractivity (Wildman–Crippen MR) is 105 cm³/mol. The number of carbonyl (C=O) groups is 2. The first-order chi connectivity index (χ1) is 13.6. The van der Waals surface area contributed by atoms with E-state index in [4.69, 9.17) is 0 Å². The Kier molecular flexibility index (Phi) is 4.07. The quantitative estimate of drug-likeness (QED) is 0.802. The number of piperidine rings is 1. The zero-order valence-electron chi connectivity index (χ0n) is 15.7. The molecule has 5 rings (SSSR count). The van der Waals surface area contributed by atoms with E-state index in [-0.39, 0.29) is 35.6 Å². The predicted octanol–water partition coefficient (Wildman–Crippen LogP) is 1.85. The van der Waals surface area contributed by atoms with E-state index in [1.165, 1.54) is 0 Å². The molecule has 0 N–H and O–H groups in total. The van der Waals surface area contributed by atoms with Crippen LogP contribution in [0.2, 0.25) is 0 Å². The first-order valence-corrected chi connectivity index (χ1v) is 9.94. The van der Waals surface area contributed by atoms with Gasteiger partial charge in [-0.05, 0) is 30.5 Å². The van der Waals surface area contributed by atoms with Gasteiger partial charge in [-0.15, -0.1) is 0 Å². The second-order valence-corrected chi connectivity index (χ2v) is 8.18. The van der Waals surface area contributed by atoms with Crippen molar-refractivity contribution in [3.05, 3.63) is 64.6 Å². The van der Waals surface area contributed by atoms with E-state index in [0.717, 1.165) is 17.8 Å². The van der Waals surface area contributed by atoms with Gasteiger partial charge in [-0.3, -0.25) is 14.4 Å². The average Bonchev–Trinajstić information content (AvgIpc) is 3.10. The molecule has 1 aromatic carbocycles. The molecule has 2 aromatic rings. The number of anilines is 1. The molecule has 0 radical (unpaired) electrons. The second-order valence-electron chi connectivity index (χ2n) is 8.18. The van der Waals surface area contributed by atoms with Crippen molar-refractivity contribution in [2.45, 2.75) is 25.3 Å². The van der Waals surface area contributed by atoms with E-state index in [2.05, 4.69) is 0 Å². The fourth-order valence-electron chi connectivity index (χ4n) is 5.07. The van der Waals surface area contributed by atoms with Crippen LogP contribution in [0.4, 0.5) is 5.69 Å². The fourth-order valence-corrected chi connectivity index (χ4v) is 5.07. The van der Waals surface area contributed by atoms with Crippen LogP contribution in [0.5, 0.6) is 0 Å². The maximum absolute atomic E-state index is 13.2. The van der Waals surface area contributed by atoms with Crippen LogP contribution in [0.3, 0.4) is 0 Å². The van der Waals surface area contributed by atoms with Gasteiger partial charge < -0.3 is 14.4 Å². The lowest BCUT2D eigenvalue weighted by molar-refractivity contribution is -0.138. The molecule has 144 valence electrons. The molecule has 3 aliphatic heterocycles. The van der Waals surface area contributed by atoms with Crippen molar-refractivity contribution in [2.75, 3.05) is 24.5 Å². The van der Waals surface area contributed by atoms with Gasteiger partial charge in [0.05, 0.1) is 5.92 Å². The number of carbonyl (C=O) groups excluding carboxylic acids is 2. The van der Waals surface area contributed by atoms with E-state index >= 15 is 0 Å². The Balaban J connectivity index is 1.33. The van der Waals surface area contributed by atoms with Crippen LogP contribution in [-0.2, 0) is 16.1 Å². The molecule has 6 heteroatoms. The standard InChI is InChI=1S/C22H23N3O3/c26-20-8-4-7-19-16-9-15(12-25(19)20)11-23(13-16)22(28)17-10-21(27)24(14-17)18-5-2-1-3-6-18/h1-8,15-17H,9-14H2/t15-,16+,17+/m0/s1. The average molecular weight is 377 g/mol. The number of rotatable bonds is 2. The van der Waals surface area contributed by atoms with E-state index < -0.39 is 0 Å². The number of pyridine rings is 1. The number of hydrogen-bond donors (Lipinski definition) is 0. The van der Waals surface area contributed by atoms with Gasteiger partial charge in [0.2, 0.25) is 11.8 Å². The summed E-state index contributed by atoms with van der Waals surface area (Å²) in [6.07, 6.45) is 1.29. The fraction of sp³-hybridized carbons (Fsp3) is 0.409. The number of benzene rings is 1. The molecule has 0 unspecified atom stereocenters. The molecule has 1 aromatic heterocycles. The summed E-state index contributed by atoms with van der Waals surface area (Å²) in [5.41, 5.74) is 1.94. The Labute approximate surface area is 163 Å². The molecular formula is C22H23N3O3. The third-order valence-electron chi connectivity index (χ3n) is 6.33. The van der Waals surface area contributed by atoms with Gasteiger partial charge in [-0.25, -0.2) is 0 Å². The van der Waals surface area contributed by atoms with Crippen molar-refractivity contribution in [1.82, 2.24) is 9.47 Å². The van der Waals surface area contributed by atoms with Crippen LogP contribution < -0.4 is 10.5 Å². The van der Waals surface area contributed by atoms with Crippen molar-refractivity contribution in [2.24, 2.45) is 11.8 Å². The van der Waals surface area contributed by atoms with Crippen molar-refractivity contribution >= 4 is 17.5 Å². The molecule has 28 heavy (non-hydrogen) atoms. The lowest BCUT2D eigenvalue weighted by Gasteiger charge is -2.43. The number of fused-ring (bicyclic) bond motifs is 4. The third kappa shape index (κ3) is 2.84. The lowest BCUT2D eigenvalue weighted by Crippen LogP contribution is -2.50. The summed E-state index contributed by atoms with van der Waals surface area (Å²) in [6, 6.07) is 15.0. The lowest BCUT2D eigenvalue weighted by atomic mass is 9.82. The monoisotopic (exact) mass is 377 g/mol. The van der Waals surface area contributed by atoms with Gasteiger partial charge in [0.1, 0.15) is 0 Å². The van der Waals surface area contributed by atoms with Gasteiger partial charge in [0.15, 0.2) is 0 Å². The summed E-state index contributed by atoms with van der Waals surface area (Å²) >= 11 is 0. The summed E-state index contributed by atoms with van der Waals surface area (Å²) in [6.45, 7) is 2.43.